The molecule has 0 aliphatic carbocycles. The second-order valence-electron chi connectivity index (χ2n) is 3.75. The number of aromatic nitrogens is 2. The zero-order valence-electron chi connectivity index (χ0n) is 8.41. The molecule has 1 aromatic heterocycles. The van der Waals surface area contributed by atoms with Crippen LogP contribution in [0.15, 0.2) is 12.4 Å². The molecule has 1 aromatic rings. The van der Waals surface area contributed by atoms with Crippen molar-refractivity contribution in [1.82, 2.24) is 9.97 Å². The minimum atomic E-state index is -4.43. The Morgan fingerprint density at radius 2 is 2.12 bits per heavy atom. The topological polar surface area (TPSA) is 55.0 Å². The highest BCUT2D eigenvalue weighted by Crippen LogP contribution is 2.29. The second kappa shape index (κ2) is 3.89. The molecule has 1 aliphatic rings. The maximum atomic E-state index is 12.4. The van der Waals surface area contributed by atoms with Gasteiger partial charge in [0.15, 0.2) is 0 Å². The van der Waals surface area contributed by atoms with Gasteiger partial charge in [0.25, 0.3) is 0 Å². The molecule has 88 valence electrons. The van der Waals surface area contributed by atoms with E-state index >= 15 is 0 Å². The Morgan fingerprint density at radius 1 is 1.38 bits per heavy atom. The molecule has 1 saturated heterocycles. The summed E-state index contributed by atoms with van der Waals surface area (Å²) in [5, 5.41) is 0. The van der Waals surface area contributed by atoms with Crippen molar-refractivity contribution in [3.05, 3.63) is 18.1 Å². The van der Waals surface area contributed by atoms with Crippen LogP contribution in [0, 0.1) is 0 Å². The van der Waals surface area contributed by atoms with E-state index < -0.39 is 11.9 Å². The van der Waals surface area contributed by atoms with Gasteiger partial charge in [-0.2, -0.15) is 13.2 Å². The van der Waals surface area contributed by atoms with Gasteiger partial charge in [-0.05, 0) is 6.42 Å². The van der Waals surface area contributed by atoms with E-state index in [4.69, 9.17) is 5.73 Å². The lowest BCUT2D eigenvalue weighted by Crippen LogP contribution is -2.27. The lowest BCUT2D eigenvalue weighted by molar-refractivity contribution is -0.141. The number of hydrogen-bond donors (Lipinski definition) is 1. The van der Waals surface area contributed by atoms with Gasteiger partial charge in [0.2, 0.25) is 0 Å². The van der Waals surface area contributed by atoms with Crippen LogP contribution >= 0.6 is 0 Å². The van der Waals surface area contributed by atoms with Crippen molar-refractivity contribution in [2.45, 2.75) is 18.6 Å². The third-order valence-corrected chi connectivity index (χ3v) is 2.49. The molecule has 0 amide bonds. The highest BCUT2D eigenvalue weighted by Gasteiger charge is 2.33. The van der Waals surface area contributed by atoms with Gasteiger partial charge in [-0.3, -0.25) is 0 Å². The molecule has 1 atom stereocenters. The summed E-state index contributed by atoms with van der Waals surface area (Å²) in [6, 6.07) is 0.960. The van der Waals surface area contributed by atoms with E-state index in [1.165, 1.54) is 0 Å². The van der Waals surface area contributed by atoms with Crippen molar-refractivity contribution in [3.63, 3.8) is 0 Å². The van der Waals surface area contributed by atoms with Crippen LogP contribution in [0.3, 0.4) is 0 Å². The molecular weight excluding hydrogens is 221 g/mol. The molecule has 2 heterocycles. The molecule has 0 aromatic carbocycles. The number of nitrogens with two attached hydrogens (primary N) is 1. The van der Waals surface area contributed by atoms with Crippen molar-refractivity contribution < 1.29 is 13.2 Å². The molecule has 7 heteroatoms. The molecule has 2 rings (SSSR count). The van der Waals surface area contributed by atoms with Crippen molar-refractivity contribution in [2.24, 2.45) is 5.73 Å². The molecule has 0 spiro atoms. The molecular formula is C9H11F3N4. The Hall–Kier alpha value is -1.37. The largest absolute Gasteiger partial charge is 0.433 e. The third kappa shape index (κ3) is 2.24. The quantitative estimate of drug-likeness (QED) is 0.785. The molecule has 0 radical (unpaired) electrons. The van der Waals surface area contributed by atoms with Crippen molar-refractivity contribution in [1.29, 1.82) is 0 Å². The average molecular weight is 232 g/mol. The summed E-state index contributed by atoms with van der Waals surface area (Å²) in [4.78, 5) is 8.77. The number of hydrogen-bond acceptors (Lipinski definition) is 4. The van der Waals surface area contributed by atoms with Crippen LogP contribution in [-0.2, 0) is 6.18 Å². The van der Waals surface area contributed by atoms with Crippen LogP contribution in [0.1, 0.15) is 12.1 Å². The van der Waals surface area contributed by atoms with Crippen LogP contribution in [0.4, 0.5) is 19.0 Å². The lowest BCUT2D eigenvalue weighted by atomic mass is 10.3. The minimum Gasteiger partial charge on any atom is -0.355 e. The normalized spacial score (nSPS) is 21.5. The van der Waals surface area contributed by atoms with Gasteiger partial charge in [-0.15, -0.1) is 0 Å². The summed E-state index contributed by atoms with van der Waals surface area (Å²) < 4.78 is 37.2. The van der Waals surface area contributed by atoms with E-state index in [1.807, 2.05) is 0 Å². The van der Waals surface area contributed by atoms with E-state index in [1.54, 1.807) is 4.90 Å². The van der Waals surface area contributed by atoms with Crippen LogP contribution in [0.25, 0.3) is 0 Å². The monoisotopic (exact) mass is 232 g/mol. The van der Waals surface area contributed by atoms with E-state index in [2.05, 4.69) is 9.97 Å². The van der Waals surface area contributed by atoms with Gasteiger partial charge in [0.05, 0.1) is 0 Å². The molecule has 16 heavy (non-hydrogen) atoms. The fourth-order valence-corrected chi connectivity index (χ4v) is 1.67. The van der Waals surface area contributed by atoms with Gasteiger partial charge < -0.3 is 10.6 Å². The first-order valence-electron chi connectivity index (χ1n) is 4.86. The van der Waals surface area contributed by atoms with Crippen LogP contribution < -0.4 is 10.6 Å². The van der Waals surface area contributed by atoms with E-state index in [9.17, 15) is 13.2 Å². The predicted molar refractivity (Wildman–Crippen MR) is 51.8 cm³/mol. The van der Waals surface area contributed by atoms with E-state index in [0.29, 0.717) is 13.1 Å². The van der Waals surface area contributed by atoms with Gasteiger partial charge in [0, 0.05) is 25.2 Å². The summed E-state index contributed by atoms with van der Waals surface area (Å²) >= 11 is 0. The molecule has 0 saturated carbocycles. The average Bonchev–Trinajstić information content (AvgIpc) is 2.64. The Labute approximate surface area is 90.3 Å². The molecule has 2 N–H and O–H groups in total. The SMILES string of the molecule is N[C@@H]1CCN(c2cc(C(F)(F)F)ncn2)C1. The fourth-order valence-electron chi connectivity index (χ4n) is 1.67. The molecule has 1 aliphatic heterocycles. The number of nitrogens with zero attached hydrogens (tertiary/aromatic N) is 3. The van der Waals surface area contributed by atoms with E-state index in [0.717, 1.165) is 18.8 Å². The van der Waals surface area contributed by atoms with Crippen LogP contribution in [0.5, 0.6) is 0 Å². The summed E-state index contributed by atoms with van der Waals surface area (Å²) in [7, 11) is 0. The molecule has 1 fully saturated rings. The predicted octanol–water partition coefficient (Wildman–Crippen LogP) is 1.03. The summed E-state index contributed by atoms with van der Waals surface area (Å²) in [6.07, 6.45) is -2.73. The lowest BCUT2D eigenvalue weighted by Gasteiger charge is -2.17. The van der Waals surface area contributed by atoms with Crippen LogP contribution in [-0.4, -0.2) is 29.1 Å². The molecule has 0 unspecified atom stereocenters. The van der Waals surface area contributed by atoms with Crippen molar-refractivity contribution in [2.75, 3.05) is 18.0 Å². The first kappa shape index (κ1) is 11.1. The Balaban J connectivity index is 2.23. The zero-order chi connectivity index (χ0) is 11.8. The smallest absolute Gasteiger partial charge is 0.355 e. The summed E-state index contributed by atoms with van der Waals surface area (Å²) in [6.45, 7) is 1.17. The number of rotatable bonds is 1. The Morgan fingerprint density at radius 3 is 2.69 bits per heavy atom. The number of anilines is 1. The van der Waals surface area contributed by atoms with Crippen LogP contribution in [0.2, 0.25) is 0 Å². The van der Waals surface area contributed by atoms with Gasteiger partial charge in [-0.1, -0.05) is 0 Å². The minimum absolute atomic E-state index is 0.00398. The maximum absolute atomic E-state index is 12.4. The Bertz CT molecular complexity index is 379. The maximum Gasteiger partial charge on any atom is 0.433 e. The highest BCUT2D eigenvalue weighted by molar-refractivity contribution is 5.41. The number of halogens is 3. The fraction of sp³-hybridized carbons (Fsp3) is 0.556. The van der Waals surface area contributed by atoms with Crippen molar-refractivity contribution >= 4 is 5.82 Å². The van der Waals surface area contributed by atoms with Gasteiger partial charge >= 0.3 is 6.18 Å². The van der Waals surface area contributed by atoms with E-state index in [-0.39, 0.29) is 11.9 Å². The summed E-state index contributed by atoms with van der Waals surface area (Å²) in [5.41, 5.74) is 4.76. The first-order valence-corrected chi connectivity index (χ1v) is 4.86. The zero-order valence-corrected chi connectivity index (χ0v) is 8.41. The highest BCUT2D eigenvalue weighted by atomic mass is 19.4. The number of alkyl halides is 3. The van der Waals surface area contributed by atoms with Gasteiger partial charge in [-0.25, -0.2) is 9.97 Å². The van der Waals surface area contributed by atoms with Crippen molar-refractivity contribution in [3.8, 4) is 0 Å². The Kier molecular flexibility index (Phi) is 2.71. The second-order valence-corrected chi connectivity index (χ2v) is 3.75. The first-order chi connectivity index (χ1) is 7.47. The standard InChI is InChI=1S/C9H11F3N4/c10-9(11,12)7-3-8(15-5-14-7)16-2-1-6(13)4-16/h3,5-6H,1-2,4,13H2/t6-/m1/s1. The molecule has 0 bridgehead atoms. The molecule has 4 nitrogen and oxygen atoms in total. The summed E-state index contributed by atoms with van der Waals surface area (Å²) in [5.74, 6) is 0.287. The van der Waals surface area contributed by atoms with Gasteiger partial charge in [0.1, 0.15) is 17.8 Å². The third-order valence-electron chi connectivity index (χ3n) is 2.49.